The maximum Gasteiger partial charge on any atom is 0.333 e. The molecule has 0 amide bonds. The van der Waals surface area contributed by atoms with Crippen molar-refractivity contribution in [2.45, 2.75) is 26.2 Å². The first-order chi connectivity index (χ1) is 28.4. The molecule has 3 nitrogen and oxygen atoms in total. The monoisotopic (exact) mass is 776 g/mol. The van der Waals surface area contributed by atoms with Crippen molar-refractivity contribution in [3.8, 4) is 16.8 Å². The number of hydrogen-bond donors (Lipinski definition) is 0. The van der Waals surface area contributed by atoms with E-state index in [9.17, 15) is 0 Å². The highest BCUT2D eigenvalue weighted by Gasteiger charge is 2.44. The summed E-state index contributed by atoms with van der Waals surface area (Å²) in [6.45, 7) is 6.83. The number of furan rings is 1. The molecule has 0 saturated heterocycles. The van der Waals surface area contributed by atoms with Crippen molar-refractivity contribution in [3.63, 3.8) is 0 Å². The fourth-order valence-corrected chi connectivity index (χ4v) is 12.7. The third kappa shape index (κ3) is 3.95. The lowest BCUT2D eigenvalue weighted by Crippen LogP contribution is -2.60. The van der Waals surface area contributed by atoms with Crippen molar-refractivity contribution in [1.82, 2.24) is 4.57 Å². The van der Waals surface area contributed by atoms with Crippen LogP contribution >= 0.6 is 22.7 Å². The van der Waals surface area contributed by atoms with E-state index in [0.717, 1.165) is 21.9 Å². The third-order valence-corrected chi connectivity index (χ3v) is 15.4. The Morgan fingerprint density at radius 1 is 0.534 bits per heavy atom. The van der Waals surface area contributed by atoms with Crippen LogP contribution < -0.4 is 15.7 Å². The predicted molar refractivity (Wildman–Crippen MR) is 252 cm³/mol. The largest absolute Gasteiger partial charge is 0.455 e. The van der Waals surface area contributed by atoms with Gasteiger partial charge in [0.05, 0.1) is 16.4 Å². The van der Waals surface area contributed by atoms with Crippen LogP contribution in [0.2, 0.25) is 0 Å². The van der Waals surface area contributed by atoms with Crippen molar-refractivity contribution in [2.24, 2.45) is 0 Å². The SMILES string of the molecule is CC(C)(C)c1ccc(N2B3c4cc5c(cc4-n4c6ccc7c8ccccc8oc7c6c6ccc(c3c64)-c3cc4c(cc32)sc2ccccc24)sc2ccccc25)cc1. The minimum absolute atomic E-state index is 0.0479. The smallest absolute Gasteiger partial charge is 0.333 e. The number of nitrogens with zero attached hydrogens (tertiary/aromatic N) is 2. The van der Waals surface area contributed by atoms with E-state index in [1.54, 1.807) is 0 Å². The average Bonchev–Trinajstić information content (AvgIpc) is 4.00. The quantitative estimate of drug-likeness (QED) is 0.155. The summed E-state index contributed by atoms with van der Waals surface area (Å²) in [5, 5.41) is 10.0. The summed E-state index contributed by atoms with van der Waals surface area (Å²) in [5.41, 5.74) is 14.7. The Morgan fingerprint density at radius 2 is 1.19 bits per heavy atom. The van der Waals surface area contributed by atoms with Crippen LogP contribution in [0.25, 0.3) is 101 Å². The van der Waals surface area contributed by atoms with Gasteiger partial charge in [-0.1, -0.05) is 106 Å². The van der Waals surface area contributed by atoms with E-state index in [1.165, 1.54) is 107 Å². The van der Waals surface area contributed by atoms with Crippen LogP contribution in [0.5, 0.6) is 0 Å². The van der Waals surface area contributed by atoms with Crippen LogP contribution in [0.4, 0.5) is 11.4 Å². The molecule has 4 aromatic heterocycles. The number of anilines is 2. The van der Waals surface area contributed by atoms with Gasteiger partial charge in [0.2, 0.25) is 0 Å². The summed E-state index contributed by atoms with van der Waals surface area (Å²) in [7, 11) is 0. The highest BCUT2D eigenvalue weighted by Crippen LogP contribution is 2.50. The number of para-hydroxylation sites is 1. The van der Waals surface area contributed by atoms with Crippen molar-refractivity contribution < 1.29 is 4.42 Å². The highest BCUT2D eigenvalue weighted by atomic mass is 32.1. The number of rotatable bonds is 1. The molecule has 2 aliphatic heterocycles. The van der Waals surface area contributed by atoms with Crippen LogP contribution in [-0.2, 0) is 5.41 Å². The molecule has 0 saturated carbocycles. The van der Waals surface area contributed by atoms with Gasteiger partial charge in [-0.3, -0.25) is 0 Å². The standard InChI is InChI=1S/C52H33BN2OS2/c1-52(2,3)28-16-18-29(19-17-28)55-41-26-46-37(31-11-5-8-14-44(31)57-46)24-36(41)33-20-21-35-48-40(23-22-34-30-10-4-7-13-43(30)56-51(34)48)54-42-27-47-38(32-12-6-9-15-45(32)58-47)25-39(42)53(55)49(33)50(35)54/h4-27H,1-3H3. The van der Waals surface area contributed by atoms with Gasteiger partial charge >= 0.3 is 6.85 Å². The van der Waals surface area contributed by atoms with Gasteiger partial charge in [-0.2, -0.15) is 0 Å². The van der Waals surface area contributed by atoms with E-state index < -0.39 is 0 Å². The second kappa shape index (κ2) is 10.8. The first kappa shape index (κ1) is 31.7. The molecular formula is C52H33BN2OS2. The molecule has 58 heavy (non-hydrogen) atoms. The number of thiophene rings is 2. The molecule has 272 valence electrons. The van der Waals surface area contributed by atoms with Gasteiger partial charge in [-0.25, -0.2) is 0 Å². The summed E-state index contributed by atoms with van der Waals surface area (Å²) < 4.78 is 14.7. The zero-order chi connectivity index (χ0) is 38.2. The fraction of sp³-hybridized carbons (Fsp3) is 0.0769. The van der Waals surface area contributed by atoms with E-state index >= 15 is 0 Å². The Morgan fingerprint density at radius 3 is 1.93 bits per heavy atom. The average molecular weight is 777 g/mol. The molecular weight excluding hydrogens is 744 g/mol. The molecule has 6 heterocycles. The zero-order valence-electron chi connectivity index (χ0n) is 32.1. The Balaban J connectivity index is 1.18. The first-order valence-electron chi connectivity index (χ1n) is 20.1. The summed E-state index contributed by atoms with van der Waals surface area (Å²) in [4.78, 5) is 2.67. The Hall–Kier alpha value is -6.34. The van der Waals surface area contributed by atoms with Gasteiger partial charge in [0.15, 0.2) is 0 Å². The van der Waals surface area contributed by atoms with E-state index in [1.807, 2.05) is 22.7 Å². The predicted octanol–water partition coefficient (Wildman–Crippen LogP) is 14.0. The van der Waals surface area contributed by atoms with E-state index in [4.69, 9.17) is 4.42 Å². The first-order valence-corrected chi connectivity index (χ1v) is 21.7. The zero-order valence-corrected chi connectivity index (χ0v) is 33.7. The van der Waals surface area contributed by atoms with Crippen LogP contribution in [0.15, 0.2) is 150 Å². The molecule has 0 atom stereocenters. The second-order valence-electron chi connectivity index (χ2n) is 17.2. The van der Waals surface area contributed by atoms with Crippen LogP contribution in [0.3, 0.4) is 0 Å². The van der Waals surface area contributed by atoms with Crippen LogP contribution in [0, 0.1) is 0 Å². The summed E-state index contributed by atoms with van der Waals surface area (Å²) >= 11 is 3.79. The summed E-state index contributed by atoms with van der Waals surface area (Å²) in [6.07, 6.45) is 0. The van der Waals surface area contributed by atoms with Gasteiger partial charge in [-0.05, 0) is 88.1 Å². The van der Waals surface area contributed by atoms with Crippen molar-refractivity contribution in [2.75, 3.05) is 4.81 Å². The number of benzene rings is 8. The topological polar surface area (TPSA) is 21.3 Å². The summed E-state index contributed by atoms with van der Waals surface area (Å²) in [5.74, 6) is 0. The maximum absolute atomic E-state index is 6.83. The molecule has 8 aromatic carbocycles. The Bertz CT molecular complexity index is 3800. The Labute approximate surface area is 342 Å². The van der Waals surface area contributed by atoms with Crippen LogP contribution in [-0.4, -0.2) is 11.4 Å². The molecule has 0 radical (unpaired) electrons. The molecule has 2 aliphatic rings. The minimum Gasteiger partial charge on any atom is -0.455 e. The lowest BCUT2D eigenvalue weighted by atomic mass is 9.44. The molecule has 0 bridgehead atoms. The Kier molecular flexibility index (Phi) is 5.90. The molecule has 0 fully saturated rings. The lowest BCUT2D eigenvalue weighted by molar-refractivity contribution is 0.590. The summed E-state index contributed by atoms with van der Waals surface area (Å²) in [6, 6.07) is 55.1. The number of hydrogen-bond acceptors (Lipinski definition) is 4. The molecule has 0 unspecified atom stereocenters. The number of aromatic nitrogens is 1. The van der Waals surface area contributed by atoms with Gasteiger partial charge in [-0.15, -0.1) is 22.7 Å². The highest BCUT2D eigenvalue weighted by molar-refractivity contribution is 7.26. The maximum atomic E-state index is 6.83. The van der Waals surface area contributed by atoms with Gasteiger partial charge in [0.25, 0.3) is 0 Å². The van der Waals surface area contributed by atoms with Crippen molar-refractivity contribution in [1.29, 1.82) is 0 Å². The van der Waals surface area contributed by atoms with E-state index in [2.05, 4.69) is 176 Å². The molecule has 14 rings (SSSR count). The van der Waals surface area contributed by atoms with E-state index in [0.29, 0.717) is 0 Å². The van der Waals surface area contributed by atoms with E-state index in [-0.39, 0.29) is 12.3 Å². The van der Waals surface area contributed by atoms with Gasteiger partial charge in [0.1, 0.15) is 11.2 Å². The molecule has 6 heteroatoms. The van der Waals surface area contributed by atoms with Crippen molar-refractivity contribution >= 4 is 136 Å². The van der Waals surface area contributed by atoms with Gasteiger partial charge in [0, 0.05) is 79.1 Å². The number of fused-ring (bicyclic) bond motifs is 18. The lowest BCUT2D eigenvalue weighted by Gasteiger charge is -2.42. The van der Waals surface area contributed by atoms with Crippen molar-refractivity contribution in [3.05, 3.63) is 151 Å². The third-order valence-electron chi connectivity index (χ3n) is 13.1. The minimum atomic E-state index is -0.0699. The molecule has 0 N–H and O–H groups in total. The second-order valence-corrected chi connectivity index (χ2v) is 19.4. The molecule has 0 spiro atoms. The molecule has 0 aliphatic carbocycles. The molecule has 12 aromatic rings. The van der Waals surface area contributed by atoms with Gasteiger partial charge < -0.3 is 13.8 Å². The van der Waals surface area contributed by atoms with Crippen LogP contribution in [0.1, 0.15) is 26.3 Å². The normalized spacial score (nSPS) is 13.7. The fourth-order valence-electron chi connectivity index (χ4n) is 10.5.